The van der Waals surface area contributed by atoms with Gasteiger partial charge in [-0.1, -0.05) is 24.3 Å². The SMILES string of the molecule is Cc1cccc(C2c3[nH]c4ccccc4c3CCN2C(=O)Cn2nc(C)nc2C)n1. The predicted molar refractivity (Wildman–Crippen MR) is 114 cm³/mol. The molecule has 1 aliphatic rings. The molecule has 1 amide bonds. The van der Waals surface area contributed by atoms with Gasteiger partial charge in [0.2, 0.25) is 5.91 Å². The Balaban J connectivity index is 1.59. The van der Waals surface area contributed by atoms with E-state index in [1.165, 1.54) is 10.9 Å². The molecule has 0 aliphatic carbocycles. The van der Waals surface area contributed by atoms with Crippen molar-refractivity contribution in [1.82, 2.24) is 29.6 Å². The first-order chi connectivity index (χ1) is 14.5. The number of carbonyl (C=O) groups excluding carboxylic acids is 1. The molecule has 7 nitrogen and oxygen atoms in total. The largest absolute Gasteiger partial charge is 0.356 e. The van der Waals surface area contributed by atoms with Gasteiger partial charge in [0.1, 0.15) is 24.2 Å². The number of nitrogens with zero attached hydrogens (tertiary/aromatic N) is 5. The summed E-state index contributed by atoms with van der Waals surface area (Å²) in [6, 6.07) is 14.1. The summed E-state index contributed by atoms with van der Waals surface area (Å²) in [7, 11) is 0. The number of aryl methyl sites for hydroxylation is 3. The van der Waals surface area contributed by atoms with E-state index in [0.29, 0.717) is 12.4 Å². The molecule has 4 heterocycles. The number of rotatable bonds is 3. The molecule has 0 saturated carbocycles. The molecular formula is C23H24N6O. The number of benzene rings is 1. The lowest BCUT2D eigenvalue weighted by atomic mass is 9.94. The van der Waals surface area contributed by atoms with E-state index >= 15 is 0 Å². The number of nitrogens with one attached hydrogen (secondary N) is 1. The summed E-state index contributed by atoms with van der Waals surface area (Å²) in [6.45, 7) is 6.50. The summed E-state index contributed by atoms with van der Waals surface area (Å²) in [5.41, 5.74) is 5.24. The van der Waals surface area contributed by atoms with Gasteiger partial charge in [-0.3, -0.25) is 9.78 Å². The maximum atomic E-state index is 13.4. The molecule has 0 fully saturated rings. The summed E-state index contributed by atoms with van der Waals surface area (Å²) in [6.07, 6.45) is 0.808. The molecule has 152 valence electrons. The highest BCUT2D eigenvalue weighted by Gasteiger charge is 2.35. The van der Waals surface area contributed by atoms with Gasteiger partial charge < -0.3 is 9.88 Å². The fourth-order valence-corrected chi connectivity index (χ4v) is 4.46. The third-order valence-electron chi connectivity index (χ3n) is 5.79. The van der Waals surface area contributed by atoms with Gasteiger partial charge in [-0.05, 0) is 51.0 Å². The zero-order chi connectivity index (χ0) is 20.8. The second kappa shape index (κ2) is 7.09. The van der Waals surface area contributed by atoms with Crippen LogP contribution in [0.1, 0.15) is 40.3 Å². The van der Waals surface area contributed by atoms with Crippen molar-refractivity contribution < 1.29 is 4.79 Å². The van der Waals surface area contributed by atoms with Crippen LogP contribution in [0.3, 0.4) is 0 Å². The summed E-state index contributed by atoms with van der Waals surface area (Å²) < 4.78 is 1.68. The maximum absolute atomic E-state index is 13.4. The van der Waals surface area contributed by atoms with Crippen molar-refractivity contribution in [3.63, 3.8) is 0 Å². The Morgan fingerprint density at radius 2 is 1.93 bits per heavy atom. The second-order valence-electron chi connectivity index (χ2n) is 7.87. The van der Waals surface area contributed by atoms with Crippen molar-refractivity contribution in [1.29, 1.82) is 0 Å². The topological polar surface area (TPSA) is 79.7 Å². The van der Waals surface area contributed by atoms with Gasteiger partial charge in [-0.2, -0.15) is 5.10 Å². The van der Waals surface area contributed by atoms with Gasteiger partial charge >= 0.3 is 0 Å². The first-order valence-electron chi connectivity index (χ1n) is 10.2. The Morgan fingerprint density at radius 1 is 1.10 bits per heavy atom. The highest BCUT2D eigenvalue weighted by atomic mass is 16.2. The molecule has 7 heteroatoms. The van der Waals surface area contributed by atoms with Crippen molar-refractivity contribution in [3.05, 3.63) is 76.8 Å². The Bertz CT molecular complexity index is 1250. The first-order valence-corrected chi connectivity index (χ1v) is 10.2. The average Bonchev–Trinajstić information content (AvgIpc) is 3.26. The molecule has 3 aromatic heterocycles. The summed E-state index contributed by atoms with van der Waals surface area (Å²) in [5.74, 6) is 1.43. The Hall–Kier alpha value is -3.48. The van der Waals surface area contributed by atoms with E-state index in [0.717, 1.165) is 34.8 Å². The van der Waals surface area contributed by atoms with E-state index < -0.39 is 0 Å². The minimum absolute atomic E-state index is 0.0145. The number of hydrogen-bond acceptors (Lipinski definition) is 4. The fraction of sp³-hybridized carbons (Fsp3) is 0.304. The standard InChI is InChI=1S/C23H24N6O/c1-14-7-6-10-20(24-14)23-22-18(17-8-4-5-9-19(17)26-22)11-12-28(23)21(30)13-29-16(3)25-15(2)27-29/h4-10,23,26H,11-13H2,1-3H3. The number of carbonyl (C=O) groups is 1. The third-order valence-corrected chi connectivity index (χ3v) is 5.79. The maximum Gasteiger partial charge on any atom is 0.245 e. The van der Waals surface area contributed by atoms with E-state index in [1.54, 1.807) is 4.68 Å². The average molecular weight is 400 g/mol. The molecule has 0 saturated heterocycles. The van der Waals surface area contributed by atoms with Crippen LogP contribution in [0.2, 0.25) is 0 Å². The van der Waals surface area contributed by atoms with Crippen LogP contribution in [-0.4, -0.2) is 42.1 Å². The number of H-pyrrole nitrogens is 1. The lowest BCUT2D eigenvalue weighted by molar-refractivity contribution is -0.134. The number of para-hydroxylation sites is 1. The van der Waals surface area contributed by atoms with E-state index in [-0.39, 0.29) is 18.5 Å². The van der Waals surface area contributed by atoms with Crippen LogP contribution >= 0.6 is 0 Å². The highest BCUT2D eigenvalue weighted by Crippen LogP contribution is 2.38. The highest BCUT2D eigenvalue weighted by molar-refractivity contribution is 5.86. The fourth-order valence-electron chi connectivity index (χ4n) is 4.46. The van der Waals surface area contributed by atoms with E-state index in [4.69, 9.17) is 4.98 Å². The van der Waals surface area contributed by atoms with Gasteiger partial charge in [0.05, 0.1) is 5.69 Å². The van der Waals surface area contributed by atoms with Crippen LogP contribution in [-0.2, 0) is 17.8 Å². The van der Waals surface area contributed by atoms with E-state index in [1.807, 2.05) is 49.9 Å². The summed E-state index contributed by atoms with van der Waals surface area (Å²) in [5, 5.41) is 5.59. The molecule has 1 unspecified atom stereocenters. The summed E-state index contributed by atoms with van der Waals surface area (Å²) >= 11 is 0. The normalized spacial score (nSPS) is 16.1. The lowest BCUT2D eigenvalue weighted by Gasteiger charge is -2.35. The molecule has 30 heavy (non-hydrogen) atoms. The number of pyridine rings is 1. The van der Waals surface area contributed by atoms with Crippen molar-refractivity contribution in [3.8, 4) is 0 Å². The summed E-state index contributed by atoms with van der Waals surface area (Å²) in [4.78, 5) is 28.0. The number of fused-ring (bicyclic) bond motifs is 3. The first kappa shape index (κ1) is 18.5. The molecule has 0 spiro atoms. The molecule has 1 aliphatic heterocycles. The van der Waals surface area contributed by atoms with E-state index in [9.17, 15) is 4.79 Å². The van der Waals surface area contributed by atoms with Crippen LogP contribution in [0.5, 0.6) is 0 Å². The minimum Gasteiger partial charge on any atom is -0.356 e. The number of aromatic amines is 1. The molecule has 0 bridgehead atoms. The Morgan fingerprint density at radius 3 is 2.70 bits per heavy atom. The molecule has 5 rings (SSSR count). The van der Waals surface area contributed by atoms with Crippen LogP contribution in [0, 0.1) is 20.8 Å². The van der Waals surface area contributed by atoms with Gasteiger partial charge in [0.15, 0.2) is 0 Å². The van der Waals surface area contributed by atoms with Crippen LogP contribution in [0.4, 0.5) is 0 Å². The molecule has 0 radical (unpaired) electrons. The van der Waals surface area contributed by atoms with Crippen molar-refractivity contribution in [2.75, 3.05) is 6.54 Å². The molecule has 4 aromatic rings. The van der Waals surface area contributed by atoms with Crippen molar-refractivity contribution in [2.24, 2.45) is 0 Å². The van der Waals surface area contributed by atoms with Gasteiger partial charge in [0.25, 0.3) is 0 Å². The van der Waals surface area contributed by atoms with E-state index in [2.05, 4.69) is 33.3 Å². The lowest BCUT2D eigenvalue weighted by Crippen LogP contribution is -2.42. The van der Waals surface area contributed by atoms with Crippen molar-refractivity contribution in [2.45, 2.75) is 39.8 Å². The molecule has 1 N–H and O–H groups in total. The van der Waals surface area contributed by atoms with Crippen LogP contribution in [0.25, 0.3) is 10.9 Å². The van der Waals surface area contributed by atoms with Gasteiger partial charge in [-0.25, -0.2) is 9.67 Å². The van der Waals surface area contributed by atoms with Gasteiger partial charge in [0, 0.05) is 28.8 Å². The molecular weight excluding hydrogens is 376 g/mol. The monoisotopic (exact) mass is 400 g/mol. The predicted octanol–water partition coefficient (Wildman–Crippen LogP) is 3.25. The Kier molecular flexibility index (Phi) is 4.38. The quantitative estimate of drug-likeness (QED) is 0.572. The molecule has 1 aromatic carbocycles. The third kappa shape index (κ3) is 3.07. The zero-order valence-corrected chi connectivity index (χ0v) is 17.4. The smallest absolute Gasteiger partial charge is 0.245 e. The number of amides is 1. The Labute approximate surface area is 174 Å². The molecule has 1 atom stereocenters. The minimum atomic E-state index is -0.251. The zero-order valence-electron chi connectivity index (χ0n) is 17.4. The van der Waals surface area contributed by atoms with Crippen LogP contribution in [0.15, 0.2) is 42.5 Å². The number of aromatic nitrogens is 5. The second-order valence-corrected chi connectivity index (χ2v) is 7.87. The number of hydrogen-bond donors (Lipinski definition) is 1. The van der Waals surface area contributed by atoms with Gasteiger partial charge in [-0.15, -0.1) is 0 Å². The van der Waals surface area contributed by atoms with Crippen molar-refractivity contribution >= 4 is 16.8 Å². The van der Waals surface area contributed by atoms with Crippen LogP contribution < -0.4 is 0 Å².